The molecule has 15 heavy (non-hydrogen) atoms. The maximum Gasteiger partial charge on any atom is 0.277 e. The van der Waals surface area contributed by atoms with E-state index in [2.05, 4.69) is 10.3 Å². The molecule has 1 aromatic heterocycles. The van der Waals surface area contributed by atoms with Crippen LogP contribution in [0.4, 0.5) is 0 Å². The van der Waals surface area contributed by atoms with E-state index < -0.39 is 0 Å². The van der Waals surface area contributed by atoms with E-state index in [0.717, 1.165) is 0 Å². The molecule has 0 amide bonds. The Morgan fingerprint density at radius 3 is 2.93 bits per heavy atom. The van der Waals surface area contributed by atoms with Crippen LogP contribution in [0.3, 0.4) is 0 Å². The molecular formula is C10H12N4O. The summed E-state index contributed by atoms with van der Waals surface area (Å²) in [5, 5.41) is 8.35. The normalized spacial score (nSPS) is 12.9. The van der Waals surface area contributed by atoms with E-state index in [0.29, 0.717) is 17.4 Å². The highest BCUT2D eigenvalue weighted by Crippen LogP contribution is 2.03. The molecule has 2 N–H and O–H groups in total. The zero-order valence-corrected chi connectivity index (χ0v) is 8.42. The lowest BCUT2D eigenvalue weighted by atomic mass is 10.2. The molecule has 2 aromatic rings. The Bertz CT molecular complexity index is 532. The van der Waals surface area contributed by atoms with Gasteiger partial charge in [0.25, 0.3) is 5.56 Å². The molecule has 0 saturated heterocycles. The molecule has 0 radical (unpaired) electrons. The molecule has 0 fully saturated rings. The summed E-state index contributed by atoms with van der Waals surface area (Å²) < 4.78 is 1.30. The minimum Gasteiger partial charge on any atom is -0.326 e. The van der Waals surface area contributed by atoms with E-state index >= 15 is 0 Å². The third-order valence-electron chi connectivity index (χ3n) is 2.09. The molecule has 0 aliphatic rings. The van der Waals surface area contributed by atoms with Gasteiger partial charge in [-0.25, -0.2) is 4.68 Å². The van der Waals surface area contributed by atoms with Crippen LogP contribution in [0.2, 0.25) is 0 Å². The Hall–Kier alpha value is -1.75. The molecule has 5 nitrogen and oxygen atoms in total. The van der Waals surface area contributed by atoms with Gasteiger partial charge in [0.1, 0.15) is 5.52 Å². The van der Waals surface area contributed by atoms with Gasteiger partial charge in [0.15, 0.2) is 0 Å². The van der Waals surface area contributed by atoms with Crippen molar-refractivity contribution < 1.29 is 0 Å². The van der Waals surface area contributed by atoms with E-state index in [1.54, 1.807) is 12.1 Å². The van der Waals surface area contributed by atoms with Gasteiger partial charge in [-0.2, -0.15) is 0 Å². The van der Waals surface area contributed by atoms with Crippen LogP contribution in [-0.4, -0.2) is 21.0 Å². The predicted molar refractivity (Wildman–Crippen MR) is 57.4 cm³/mol. The molecule has 5 heteroatoms. The second kappa shape index (κ2) is 3.78. The van der Waals surface area contributed by atoms with Gasteiger partial charge in [-0.1, -0.05) is 17.3 Å². The van der Waals surface area contributed by atoms with Crippen molar-refractivity contribution in [2.24, 2.45) is 5.73 Å². The van der Waals surface area contributed by atoms with Crippen molar-refractivity contribution in [3.8, 4) is 0 Å². The molecule has 0 spiro atoms. The lowest BCUT2D eigenvalue weighted by Crippen LogP contribution is -2.32. The average Bonchev–Trinajstić information content (AvgIpc) is 2.22. The third kappa shape index (κ3) is 1.87. The number of hydrogen-bond donors (Lipinski definition) is 1. The number of hydrogen-bond acceptors (Lipinski definition) is 4. The molecule has 0 bridgehead atoms. The Morgan fingerprint density at radius 2 is 2.20 bits per heavy atom. The predicted octanol–water partition coefficient (Wildman–Crippen LogP) is 0.139. The Kier molecular flexibility index (Phi) is 2.47. The van der Waals surface area contributed by atoms with E-state index in [1.165, 1.54) is 4.68 Å². The molecule has 0 saturated carbocycles. The second-order valence-corrected chi connectivity index (χ2v) is 3.57. The van der Waals surface area contributed by atoms with Crippen molar-refractivity contribution in [3.63, 3.8) is 0 Å². The van der Waals surface area contributed by atoms with Gasteiger partial charge < -0.3 is 5.73 Å². The van der Waals surface area contributed by atoms with Crippen molar-refractivity contribution >= 4 is 10.9 Å². The number of nitrogens with two attached hydrogens (primary N) is 1. The average molecular weight is 204 g/mol. The second-order valence-electron chi connectivity index (χ2n) is 3.57. The van der Waals surface area contributed by atoms with E-state index in [-0.39, 0.29) is 11.6 Å². The summed E-state index contributed by atoms with van der Waals surface area (Å²) in [4.78, 5) is 11.9. The van der Waals surface area contributed by atoms with E-state index in [1.807, 2.05) is 19.1 Å². The van der Waals surface area contributed by atoms with Gasteiger partial charge in [0.05, 0.1) is 11.9 Å². The number of aromatic nitrogens is 3. The molecule has 0 aliphatic heterocycles. The van der Waals surface area contributed by atoms with Crippen LogP contribution in [0.5, 0.6) is 0 Å². The monoisotopic (exact) mass is 204 g/mol. The van der Waals surface area contributed by atoms with Crippen molar-refractivity contribution in [2.45, 2.75) is 19.5 Å². The van der Waals surface area contributed by atoms with Crippen LogP contribution in [-0.2, 0) is 6.54 Å². The molecule has 1 unspecified atom stereocenters. The molecule has 1 atom stereocenters. The van der Waals surface area contributed by atoms with Gasteiger partial charge in [-0.15, -0.1) is 5.10 Å². The number of fused-ring (bicyclic) bond motifs is 1. The first kappa shape index (κ1) is 9.79. The van der Waals surface area contributed by atoms with Crippen molar-refractivity contribution in [3.05, 3.63) is 34.6 Å². The fourth-order valence-electron chi connectivity index (χ4n) is 1.42. The maximum absolute atomic E-state index is 11.9. The Balaban J connectivity index is 2.60. The van der Waals surface area contributed by atoms with Crippen LogP contribution in [0.25, 0.3) is 10.9 Å². The highest BCUT2D eigenvalue weighted by molar-refractivity contribution is 5.76. The van der Waals surface area contributed by atoms with Gasteiger partial charge in [-0.05, 0) is 19.1 Å². The van der Waals surface area contributed by atoms with Crippen LogP contribution >= 0.6 is 0 Å². The first-order valence-electron chi connectivity index (χ1n) is 4.76. The molecular weight excluding hydrogens is 192 g/mol. The summed E-state index contributed by atoms with van der Waals surface area (Å²) in [6, 6.07) is 7.02. The van der Waals surface area contributed by atoms with Crippen molar-refractivity contribution in [1.82, 2.24) is 15.0 Å². The molecule has 1 heterocycles. The molecule has 78 valence electrons. The van der Waals surface area contributed by atoms with Crippen molar-refractivity contribution in [1.29, 1.82) is 0 Å². The summed E-state index contributed by atoms with van der Waals surface area (Å²) in [5.74, 6) is 0. The topological polar surface area (TPSA) is 73.8 Å². The zero-order valence-electron chi connectivity index (χ0n) is 8.42. The summed E-state index contributed by atoms with van der Waals surface area (Å²) in [6.07, 6.45) is 0. The molecule has 1 aromatic carbocycles. The van der Waals surface area contributed by atoms with Crippen LogP contribution < -0.4 is 11.3 Å². The summed E-state index contributed by atoms with van der Waals surface area (Å²) in [5.41, 5.74) is 6.08. The summed E-state index contributed by atoms with van der Waals surface area (Å²) in [7, 11) is 0. The zero-order chi connectivity index (χ0) is 10.8. The third-order valence-corrected chi connectivity index (χ3v) is 2.09. The Morgan fingerprint density at radius 1 is 1.47 bits per heavy atom. The first-order valence-corrected chi connectivity index (χ1v) is 4.76. The first-order chi connectivity index (χ1) is 7.18. The van der Waals surface area contributed by atoms with Gasteiger partial charge in [0, 0.05) is 6.04 Å². The molecule has 0 aliphatic carbocycles. The standard InChI is InChI=1S/C10H12N4O/c1-7(11)6-14-10(15)8-4-2-3-5-9(8)12-13-14/h2-5,7H,6,11H2,1H3. The van der Waals surface area contributed by atoms with E-state index in [4.69, 9.17) is 5.73 Å². The quantitative estimate of drug-likeness (QED) is 0.755. The van der Waals surface area contributed by atoms with Gasteiger partial charge in [0.2, 0.25) is 0 Å². The van der Waals surface area contributed by atoms with Crippen molar-refractivity contribution in [2.75, 3.05) is 0 Å². The SMILES string of the molecule is CC(N)Cn1nnc2ccccc2c1=O. The maximum atomic E-state index is 11.9. The summed E-state index contributed by atoms with van der Waals surface area (Å²) in [6.45, 7) is 2.21. The van der Waals surface area contributed by atoms with E-state index in [9.17, 15) is 4.79 Å². The highest BCUT2D eigenvalue weighted by atomic mass is 16.1. The van der Waals surface area contributed by atoms with Crippen LogP contribution in [0, 0.1) is 0 Å². The lowest BCUT2D eigenvalue weighted by molar-refractivity contribution is 0.495. The molecule has 2 rings (SSSR count). The van der Waals surface area contributed by atoms with Gasteiger partial charge >= 0.3 is 0 Å². The largest absolute Gasteiger partial charge is 0.326 e. The van der Waals surface area contributed by atoms with Crippen LogP contribution in [0.1, 0.15) is 6.92 Å². The van der Waals surface area contributed by atoms with Crippen LogP contribution in [0.15, 0.2) is 29.1 Å². The summed E-state index contributed by atoms with van der Waals surface area (Å²) >= 11 is 0. The number of nitrogens with zero attached hydrogens (tertiary/aromatic N) is 3. The number of rotatable bonds is 2. The minimum atomic E-state index is -0.141. The number of benzene rings is 1. The fourth-order valence-corrected chi connectivity index (χ4v) is 1.42. The lowest BCUT2D eigenvalue weighted by Gasteiger charge is -2.06. The van der Waals surface area contributed by atoms with Gasteiger partial charge in [-0.3, -0.25) is 4.79 Å². The Labute approximate surface area is 86.5 Å². The fraction of sp³-hybridized carbons (Fsp3) is 0.300. The minimum absolute atomic E-state index is 0.113. The highest BCUT2D eigenvalue weighted by Gasteiger charge is 2.05. The smallest absolute Gasteiger partial charge is 0.277 e.